The minimum Gasteiger partial charge on any atom is -0.389 e. The first-order valence-corrected chi connectivity index (χ1v) is 7.01. The topological polar surface area (TPSA) is 133 Å². The Hall–Kier alpha value is -2.26. The number of hydrogen-bond donors (Lipinski definition) is 4. The van der Waals surface area contributed by atoms with Gasteiger partial charge in [-0.25, -0.2) is 9.97 Å². The summed E-state index contributed by atoms with van der Waals surface area (Å²) in [5.74, 6) is -0.488. The van der Waals surface area contributed by atoms with Crippen LogP contribution in [0.5, 0.6) is 0 Å². The van der Waals surface area contributed by atoms with Crippen LogP contribution in [0, 0.1) is 11.3 Å². The van der Waals surface area contributed by atoms with E-state index in [-0.39, 0.29) is 22.9 Å². The fourth-order valence-electron chi connectivity index (χ4n) is 3.87. The van der Waals surface area contributed by atoms with Crippen LogP contribution in [0.4, 0.5) is 0 Å². The summed E-state index contributed by atoms with van der Waals surface area (Å²) in [5.41, 5.74) is -0.830. The van der Waals surface area contributed by atoms with E-state index in [4.69, 9.17) is 0 Å². The molecule has 2 aliphatic rings. The second-order valence-corrected chi connectivity index (χ2v) is 5.91. The van der Waals surface area contributed by atoms with Crippen molar-refractivity contribution in [3.8, 4) is 0 Å². The Kier molecular flexibility index (Phi) is 2.52. The van der Waals surface area contributed by atoms with Gasteiger partial charge in [0.05, 0.1) is 30.2 Å². The Balaban J connectivity index is 1.82. The maximum atomic E-state index is 12.1. The van der Waals surface area contributed by atoms with Crippen LogP contribution in [0.2, 0.25) is 0 Å². The number of aromatic nitrogens is 4. The number of rotatable bonds is 2. The van der Waals surface area contributed by atoms with E-state index in [1.807, 2.05) is 0 Å². The van der Waals surface area contributed by atoms with Crippen LogP contribution >= 0.6 is 0 Å². The standard InChI is InChI=1S/C13H15N5O4/c1-14-12(22)13-2-5(13)7(8(19)9(13)20)18-4-17-6-10(18)15-3-16-11(6)21/h3-5,7-9,19-20H,2H2,1H3,(H,14,22)(H,15,16,21)/t5-,7-,8+,9+,13+/m1/s1. The van der Waals surface area contributed by atoms with Crippen molar-refractivity contribution in [2.45, 2.75) is 24.7 Å². The molecule has 2 aliphatic carbocycles. The summed E-state index contributed by atoms with van der Waals surface area (Å²) in [6, 6.07) is -0.536. The zero-order valence-electron chi connectivity index (χ0n) is 11.7. The van der Waals surface area contributed by atoms with Crippen LogP contribution in [0.3, 0.4) is 0 Å². The second kappa shape index (κ2) is 4.14. The molecule has 0 aromatic carbocycles. The maximum absolute atomic E-state index is 12.1. The number of aliphatic hydroxyl groups excluding tert-OH is 2. The van der Waals surface area contributed by atoms with Crippen molar-refractivity contribution in [2.24, 2.45) is 11.3 Å². The van der Waals surface area contributed by atoms with Crippen molar-refractivity contribution in [1.82, 2.24) is 24.8 Å². The van der Waals surface area contributed by atoms with E-state index in [1.165, 1.54) is 19.7 Å². The van der Waals surface area contributed by atoms with E-state index >= 15 is 0 Å². The number of nitrogens with zero attached hydrogens (tertiary/aromatic N) is 3. The highest BCUT2D eigenvalue weighted by Gasteiger charge is 2.75. The van der Waals surface area contributed by atoms with Gasteiger partial charge in [0.25, 0.3) is 5.56 Å². The smallest absolute Gasteiger partial charge is 0.278 e. The van der Waals surface area contributed by atoms with E-state index in [0.29, 0.717) is 12.1 Å². The molecule has 2 aromatic heterocycles. The molecule has 2 aromatic rings. The lowest BCUT2D eigenvalue weighted by Gasteiger charge is -2.23. The van der Waals surface area contributed by atoms with Crippen molar-refractivity contribution >= 4 is 17.1 Å². The molecule has 2 heterocycles. The molecule has 0 saturated heterocycles. The highest BCUT2D eigenvalue weighted by molar-refractivity contribution is 5.87. The summed E-state index contributed by atoms with van der Waals surface area (Å²) < 4.78 is 1.58. The number of carbonyl (C=O) groups is 1. The number of imidazole rings is 1. The molecular weight excluding hydrogens is 290 g/mol. The Morgan fingerprint density at radius 1 is 1.50 bits per heavy atom. The number of aliphatic hydroxyl groups is 2. The third-order valence-electron chi connectivity index (χ3n) is 5.01. The summed E-state index contributed by atoms with van der Waals surface area (Å²) in [4.78, 5) is 34.4. The first-order chi connectivity index (χ1) is 10.5. The van der Waals surface area contributed by atoms with Gasteiger partial charge in [0.15, 0.2) is 11.2 Å². The molecule has 2 saturated carbocycles. The highest BCUT2D eigenvalue weighted by atomic mass is 16.3. The van der Waals surface area contributed by atoms with Crippen molar-refractivity contribution in [1.29, 1.82) is 0 Å². The van der Waals surface area contributed by atoms with Crippen molar-refractivity contribution < 1.29 is 15.0 Å². The highest BCUT2D eigenvalue weighted by Crippen LogP contribution is 2.67. The van der Waals surface area contributed by atoms with Crippen LogP contribution in [-0.2, 0) is 4.79 Å². The maximum Gasteiger partial charge on any atom is 0.278 e. The molecule has 0 unspecified atom stereocenters. The molecule has 116 valence electrons. The summed E-state index contributed by atoms with van der Waals surface area (Å²) >= 11 is 0. The molecule has 1 amide bonds. The predicted octanol–water partition coefficient (Wildman–Crippen LogP) is -1.85. The summed E-state index contributed by atoms with van der Waals surface area (Å²) in [6.45, 7) is 0. The fraction of sp³-hybridized carbons (Fsp3) is 0.538. The van der Waals surface area contributed by atoms with Crippen LogP contribution < -0.4 is 10.9 Å². The van der Waals surface area contributed by atoms with E-state index in [9.17, 15) is 19.8 Å². The van der Waals surface area contributed by atoms with Gasteiger partial charge >= 0.3 is 0 Å². The van der Waals surface area contributed by atoms with Gasteiger partial charge in [-0.05, 0) is 6.42 Å². The molecule has 22 heavy (non-hydrogen) atoms. The first kappa shape index (κ1) is 13.4. The van der Waals surface area contributed by atoms with E-state index in [2.05, 4.69) is 20.3 Å². The number of carbonyl (C=O) groups excluding carboxylic acids is 1. The second-order valence-electron chi connectivity index (χ2n) is 5.91. The van der Waals surface area contributed by atoms with Crippen molar-refractivity contribution in [2.75, 3.05) is 7.05 Å². The van der Waals surface area contributed by atoms with E-state index < -0.39 is 23.7 Å². The van der Waals surface area contributed by atoms with Gasteiger partial charge in [0.2, 0.25) is 5.91 Å². The summed E-state index contributed by atoms with van der Waals surface area (Å²) in [5, 5.41) is 23.2. The minimum atomic E-state index is -1.15. The normalized spacial score (nSPS) is 36.3. The molecule has 4 N–H and O–H groups in total. The molecule has 0 radical (unpaired) electrons. The van der Waals surface area contributed by atoms with Gasteiger partial charge in [0.1, 0.15) is 6.10 Å². The Bertz CT molecular complexity index is 829. The van der Waals surface area contributed by atoms with Crippen LogP contribution in [-0.4, -0.2) is 54.9 Å². The Labute approximate surface area is 124 Å². The van der Waals surface area contributed by atoms with Gasteiger partial charge in [-0.2, -0.15) is 0 Å². The van der Waals surface area contributed by atoms with Crippen molar-refractivity contribution in [3.05, 3.63) is 23.0 Å². The monoisotopic (exact) mass is 305 g/mol. The number of nitrogens with one attached hydrogen (secondary N) is 2. The van der Waals surface area contributed by atoms with Crippen LogP contribution in [0.25, 0.3) is 11.2 Å². The Morgan fingerprint density at radius 2 is 2.27 bits per heavy atom. The summed E-state index contributed by atoms with van der Waals surface area (Å²) in [7, 11) is 1.51. The minimum absolute atomic E-state index is 0.169. The molecule has 9 heteroatoms. The average Bonchev–Trinajstić information content (AvgIpc) is 3.04. The molecule has 0 aliphatic heterocycles. The molecular formula is C13H15N5O4. The quantitative estimate of drug-likeness (QED) is 0.515. The van der Waals surface area contributed by atoms with Crippen LogP contribution in [0.1, 0.15) is 12.5 Å². The van der Waals surface area contributed by atoms with Gasteiger partial charge in [0, 0.05) is 13.0 Å². The third-order valence-corrected chi connectivity index (χ3v) is 5.01. The number of fused-ring (bicyclic) bond motifs is 2. The largest absolute Gasteiger partial charge is 0.389 e. The van der Waals surface area contributed by atoms with Gasteiger partial charge in [-0.3, -0.25) is 9.59 Å². The lowest BCUT2D eigenvalue weighted by Crippen LogP contribution is -2.41. The number of amides is 1. The van der Waals surface area contributed by atoms with Gasteiger partial charge < -0.3 is 25.1 Å². The SMILES string of the molecule is CNC(=O)[C@@]12C[C@@H]1[C@@H](n1cnc3c(=O)[nH]cnc31)[C@H](O)[C@@H]2O. The van der Waals surface area contributed by atoms with E-state index in [0.717, 1.165) is 0 Å². The molecule has 0 spiro atoms. The molecule has 2 fully saturated rings. The lowest BCUT2D eigenvalue weighted by atomic mass is 9.98. The van der Waals surface area contributed by atoms with Crippen LogP contribution in [0.15, 0.2) is 17.4 Å². The van der Waals surface area contributed by atoms with Gasteiger partial charge in [-0.1, -0.05) is 0 Å². The molecule has 9 nitrogen and oxygen atoms in total. The fourth-order valence-corrected chi connectivity index (χ4v) is 3.87. The summed E-state index contributed by atoms with van der Waals surface area (Å²) in [6.07, 6.45) is 0.903. The number of hydrogen-bond acceptors (Lipinski definition) is 6. The molecule has 4 rings (SSSR count). The first-order valence-electron chi connectivity index (χ1n) is 7.01. The van der Waals surface area contributed by atoms with Gasteiger partial charge in [-0.15, -0.1) is 0 Å². The zero-order valence-corrected chi connectivity index (χ0v) is 11.7. The lowest BCUT2D eigenvalue weighted by molar-refractivity contribution is -0.132. The average molecular weight is 305 g/mol. The number of H-pyrrole nitrogens is 1. The zero-order chi connectivity index (χ0) is 15.6. The number of aromatic amines is 1. The van der Waals surface area contributed by atoms with Crippen molar-refractivity contribution in [3.63, 3.8) is 0 Å². The third kappa shape index (κ3) is 1.39. The molecule has 5 atom stereocenters. The molecule has 0 bridgehead atoms. The Morgan fingerprint density at radius 3 is 3.00 bits per heavy atom. The van der Waals surface area contributed by atoms with E-state index in [1.54, 1.807) is 4.57 Å². The predicted molar refractivity (Wildman–Crippen MR) is 73.8 cm³/mol.